The van der Waals surface area contributed by atoms with Gasteiger partial charge in [0, 0.05) is 17.7 Å². The molecule has 0 radical (unpaired) electrons. The van der Waals surface area contributed by atoms with Gasteiger partial charge in [0.1, 0.15) is 0 Å². The number of benzene rings is 3. The van der Waals surface area contributed by atoms with Gasteiger partial charge < -0.3 is 30.0 Å². The number of carbonyl (C=O) groups is 1. The minimum atomic E-state index is -0.434. The number of hydrogen-bond acceptors (Lipinski definition) is 7. The Kier molecular flexibility index (Phi) is 7.25. The second-order valence-corrected chi connectivity index (χ2v) is 10.7. The predicted octanol–water partition coefficient (Wildman–Crippen LogP) is 6.94. The van der Waals surface area contributed by atoms with E-state index in [4.69, 9.17) is 14.2 Å². The van der Waals surface area contributed by atoms with Gasteiger partial charge in [-0.2, -0.15) is 0 Å². The van der Waals surface area contributed by atoms with Gasteiger partial charge >= 0.3 is 0 Å². The van der Waals surface area contributed by atoms with Gasteiger partial charge in [-0.3, -0.25) is 4.79 Å². The van der Waals surface area contributed by atoms with Crippen molar-refractivity contribution in [2.45, 2.75) is 44.8 Å². The van der Waals surface area contributed by atoms with Crippen LogP contribution < -0.4 is 24.8 Å². The van der Waals surface area contributed by atoms with Crippen LogP contribution >= 0.6 is 15.9 Å². The van der Waals surface area contributed by atoms with Crippen LogP contribution in [0.15, 0.2) is 70.3 Å². The number of nitrogens with one attached hydrogen (secondary N) is 2. The summed E-state index contributed by atoms with van der Waals surface area (Å²) in [4.78, 5) is 13.9. The Balaban J connectivity index is 1.58. The molecule has 2 unspecified atom stereocenters. The van der Waals surface area contributed by atoms with Crippen LogP contribution in [-0.2, 0) is 4.79 Å². The molecule has 0 fully saturated rings. The van der Waals surface area contributed by atoms with E-state index in [1.807, 2.05) is 62.4 Å². The van der Waals surface area contributed by atoms with Gasteiger partial charge in [0.25, 0.3) is 0 Å². The summed E-state index contributed by atoms with van der Waals surface area (Å²) in [5.41, 5.74) is 5.18. The van der Waals surface area contributed by atoms with Gasteiger partial charge in [-0.25, -0.2) is 0 Å². The van der Waals surface area contributed by atoms with E-state index in [1.54, 1.807) is 13.2 Å². The first-order valence-corrected chi connectivity index (χ1v) is 13.4. The number of Topliss-reactive ketones (excluding diaryl/α,β-unsaturated/α-hetero) is 1. The van der Waals surface area contributed by atoms with Crippen LogP contribution in [0.1, 0.15) is 49.8 Å². The number of fused-ring (bicyclic) bond motifs is 1. The van der Waals surface area contributed by atoms with Gasteiger partial charge in [0.05, 0.1) is 42.2 Å². The Bertz CT molecular complexity index is 1420. The van der Waals surface area contributed by atoms with Crippen molar-refractivity contribution in [3.8, 4) is 23.0 Å². The summed E-state index contributed by atoms with van der Waals surface area (Å²) in [6.07, 6.45) is 1.04. The molecule has 0 amide bonds. The molecule has 0 bridgehead atoms. The number of allylic oxidation sites excluding steroid dienone is 1. The third-order valence-corrected chi connectivity index (χ3v) is 7.54. The zero-order valence-electron chi connectivity index (χ0n) is 21.8. The molecule has 2 aliphatic rings. The van der Waals surface area contributed by atoms with Gasteiger partial charge in [-0.1, -0.05) is 18.2 Å². The van der Waals surface area contributed by atoms with E-state index in [1.165, 1.54) is 7.11 Å². The number of ketones is 1. The summed E-state index contributed by atoms with van der Waals surface area (Å²) in [6, 6.07) is 17.0. The lowest BCUT2D eigenvalue weighted by atomic mass is 9.78. The van der Waals surface area contributed by atoms with E-state index in [9.17, 15) is 9.90 Å². The highest BCUT2D eigenvalue weighted by atomic mass is 79.9. The molecule has 0 saturated carbocycles. The maximum atomic E-state index is 13.9. The lowest BCUT2D eigenvalue weighted by molar-refractivity contribution is -0.116. The van der Waals surface area contributed by atoms with Crippen LogP contribution in [0.5, 0.6) is 23.0 Å². The second-order valence-electron chi connectivity index (χ2n) is 9.80. The number of phenolic OH excluding ortho intramolecular Hbond substituents is 1. The normalized spacial score (nSPS) is 18.6. The molecule has 1 aliphatic carbocycles. The van der Waals surface area contributed by atoms with Crippen LogP contribution in [-0.4, -0.2) is 31.2 Å². The van der Waals surface area contributed by atoms with Crippen molar-refractivity contribution in [3.05, 3.63) is 81.5 Å². The van der Waals surface area contributed by atoms with Crippen molar-refractivity contribution in [1.82, 2.24) is 0 Å². The highest BCUT2D eigenvalue weighted by Crippen LogP contribution is 2.47. The molecule has 198 valence electrons. The van der Waals surface area contributed by atoms with E-state index in [0.29, 0.717) is 40.1 Å². The molecule has 0 saturated heterocycles. The van der Waals surface area contributed by atoms with Gasteiger partial charge in [0.15, 0.2) is 28.8 Å². The van der Waals surface area contributed by atoms with E-state index in [-0.39, 0.29) is 23.6 Å². The molecule has 1 aliphatic heterocycles. The van der Waals surface area contributed by atoms with Crippen molar-refractivity contribution in [2.24, 2.45) is 0 Å². The van der Waals surface area contributed by atoms with Crippen LogP contribution in [0, 0.1) is 0 Å². The summed E-state index contributed by atoms with van der Waals surface area (Å²) in [5, 5.41) is 17.5. The van der Waals surface area contributed by atoms with E-state index < -0.39 is 6.04 Å². The van der Waals surface area contributed by atoms with Crippen LogP contribution in [0.3, 0.4) is 0 Å². The summed E-state index contributed by atoms with van der Waals surface area (Å²) < 4.78 is 17.4. The summed E-state index contributed by atoms with van der Waals surface area (Å²) in [7, 11) is 3.14. The van der Waals surface area contributed by atoms with Crippen molar-refractivity contribution in [2.75, 3.05) is 24.9 Å². The SMILES string of the molecule is COc1cc(C2CC(=O)C3=C(C2)Nc2ccccc2NC3c2cc(Br)c(O)c(OC)c2)ccc1OC(C)C. The van der Waals surface area contributed by atoms with Crippen LogP contribution in [0.25, 0.3) is 0 Å². The Morgan fingerprint density at radius 2 is 1.63 bits per heavy atom. The van der Waals surface area contributed by atoms with E-state index >= 15 is 0 Å². The largest absolute Gasteiger partial charge is 0.503 e. The number of rotatable bonds is 6. The minimum Gasteiger partial charge on any atom is -0.503 e. The molecular formula is C30H31BrN2O5. The van der Waals surface area contributed by atoms with Crippen molar-refractivity contribution in [3.63, 3.8) is 0 Å². The van der Waals surface area contributed by atoms with Crippen LogP contribution in [0.4, 0.5) is 11.4 Å². The average Bonchev–Trinajstić information content (AvgIpc) is 3.07. The quantitative estimate of drug-likeness (QED) is 0.292. The molecule has 1 heterocycles. The first-order chi connectivity index (χ1) is 18.3. The molecule has 0 aromatic heterocycles. The third-order valence-electron chi connectivity index (χ3n) is 6.93. The molecular weight excluding hydrogens is 548 g/mol. The van der Waals surface area contributed by atoms with E-state index in [0.717, 1.165) is 28.2 Å². The number of aromatic hydroxyl groups is 1. The lowest BCUT2D eigenvalue weighted by Crippen LogP contribution is -2.27. The Labute approximate surface area is 230 Å². The number of hydrogen-bond donors (Lipinski definition) is 3. The fraction of sp³-hybridized carbons (Fsp3) is 0.300. The fourth-order valence-corrected chi connectivity index (χ4v) is 5.64. The molecule has 8 heteroatoms. The zero-order valence-corrected chi connectivity index (χ0v) is 23.4. The van der Waals surface area contributed by atoms with E-state index in [2.05, 4.69) is 26.6 Å². The Morgan fingerprint density at radius 1 is 0.921 bits per heavy atom. The van der Waals surface area contributed by atoms with Crippen molar-refractivity contribution < 1.29 is 24.1 Å². The molecule has 38 heavy (non-hydrogen) atoms. The molecule has 0 spiro atoms. The summed E-state index contributed by atoms with van der Waals surface area (Å²) in [6.45, 7) is 3.95. The number of anilines is 2. The zero-order chi connectivity index (χ0) is 27.0. The Hall–Kier alpha value is -3.65. The maximum Gasteiger partial charge on any atom is 0.172 e. The lowest BCUT2D eigenvalue weighted by Gasteiger charge is -2.30. The fourth-order valence-electron chi connectivity index (χ4n) is 5.18. The van der Waals surface area contributed by atoms with Crippen molar-refractivity contribution in [1.29, 1.82) is 0 Å². The maximum absolute atomic E-state index is 13.9. The topological polar surface area (TPSA) is 89.1 Å². The standard InChI is InChI=1S/C30H31BrN2O5/c1-16(2)38-25-10-9-17(14-26(25)36-3)18-12-23-28(24(34)13-18)29(33-22-8-6-5-7-21(22)32-23)19-11-20(31)30(35)27(15-19)37-4/h5-11,14-16,18,29,32-33,35H,12-13H2,1-4H3. The highest BCUT2D eigenvalue weighted by molar-refractivity contribution is 9.10. The second kappa shape index (κ2) is 10.6. The third kappa shape index (κ3) is 4.92. The number of phenols is 1. The molecule has 3 aromatic rings. The molecule has 5 rings (SSSR count). The van der Waals surface area contributed by atoms with Gasteiger partial charge in [0.2, 0.25) is 0 Å². The summed E-state index contributed by atoms with van der Waals surface area (Å²) in [5.74, 6) is 1.72. The molecule has 2 atom stereocenters. The molecule has 7 nitrogen and oxygen atoms in total. The monoisotopic (exact) mass is 578 g/mol. The average molecular weight is 579 g/mol. The minimum absolute atomic E-state index is 0.0199. The number of halogens is 1. The smallest absolute Gasteiger partial charge is 0.172 e. The molecule has 3 aromatic carbocycles. The number of ether oxygens (including phenoxy) is 3. The Morgan fingerprint density at radius 3 is 2.34 bits per heavy atom. The van der Waals surface area contributed by atoms with Crippen molar-refractivity contribution >= 4 is 33.1 Å². The van der Waals surface area contributed by atoms with Gasteiger partial charge in [-0.15, -0.1) is 0 Å². The number of para-hydroxylation sites is 2. The first-order valence-electron chi connectivity index (χ1n) is 12.6. The number of methoxy groups -OCH3 is 2. The van der Waals surface area contributed by atoms with Crippen LogP contribution in [0.2, 0.25) is 0 Å². The number of carbonyl (C=O) groups excluding carboxylic acids is 1. The first kappa shape index (κ1) is 26.0. The highest BCUT2D eigenvalue weighted by Gasteiger charge is 2.36. The predicted molar refractivity (Wildman–Crippen MR) is 152 cm³/mol. The molecule has 3 N–H and O–H groups in total. The summed E-state index contributed by atoms with van der Waals surface area (Å²) >= 11 is 3.44. The van der Waals surface area contributed by atoms with Gasteiger partial charge in [-0.05, 0) is 89.6 Å².